The van der Waals surface area contributed by atoms with Crippen LogP contribution in [0.15, 0.2) is 51.9 Å². The third-order valence-electron chi connectivity index (χ3n) is 3.36. The van der Waals surface area contributed by atoms with E-state index in [0.29, 0.717) is 13.2 Å². The van der Waals surface area contributed by atoms with Gasteiger partial charge in [-0.3, -0.25) is 4.79 Å². The summed E-state index contributed by atoms with van der Waals surface area (Å²) in [7, 11) is 1.92. The predicted octanol–water partition coefficient (Wildman–Crippen LogP) is 2.97. The van der Waals surface area contributed by atoms with E-state index >= 15 is 0 Å². The number of hydrogen-bond acceptors (Lipinski definition) is 3. The molecule has 1 heterocycles. The molecule has 1 atom stereocenters. The number of pyridine rings is 1. The fourth-order valence-corrected chi connectivity index (χ4v) is 2.42. The van der Waals surface area contributed by atoms with Gasteiger partial charge in [-0.15, -0.1) is 0 Å². The van der Waals surface area contributed by atoms with Gasteiger partial charge in [0.15, 0.2) is 0 Å². The molecule has 0 fully saturated rings. The molecule has 1 N–H and O–H groups in total. The Morgan fingerprint density at radius 3 is 2.86 bits per heavy atom. The third kappa shape index (κ3) is 4.19. The van der Waals surface area contributed by atoms with Crippen LogP contribution in [0.5, 0.6) is 5.75 Å². The van der Waals surface area contributed by atoms with E-state index in [1.807, 2.05) is 31.3 Å². The van der Waals surface area contributed by atoms with Gasteiger partial charge in [-0.05, 0) is 38.2 Å². The smallest absolute Gasteiger partial charge is 0.250 e. The van der Waals surface area contributed by atoms with Crippen molar-refractivity contribution >= 4 is 15.9 Å². The van der Waals surface area contributed by atoms with Crippen LogP contribution in [0, 0.1) is 0 Å². The molecule has 0 saturated carbocycles. The number of benzene rings is 1. The summed E-state index contributed by atoms with van der Waals surface area (Å²) in [6.45, 7) is 3.06. The van der Waals surface area contributed by atoms with Gasteiger partial charge in [-0.25, -0.2) is 0 Å². The minimum atomic E-state index is -0.0132. The van der Waals surface area contributed by atoms with Gasteiger partial charge in [0.2, 0.25) is 0 Å². The Morgan fingerprint density at radius 1 is 1.33 bits per heavy atom. The zero-order valence-electron chi connectivity index (χ0n) is 12.2. The standard InChI is InChI=1S/C16H19BrN2O2/c1-12(18-2)14-11-13(17)6-7-15(14)21-10-9-19-8-4-3-5-16(19)20/h3-8,11-12,18H,9-10H2,1-2H3. The number of rotatable bonds is 6. The molecule has 112 valence electrons. The van der Waals surface area contributed by atoms with Crippen molar-refractivity contribution in [2.45, 2.75) is 19.5 Å². The largest absolute Gasteiger partial charge is 0.491 e. The highest BCUT2D eigenvalue weighted by molar-refractivity contribution is 9.10. The lowest BCUT2D eigenvalue weighted by atomic mass is 10.1. The van der Waals surface area contributed by atoms with Crippen LogP contribution in [-0.2, 0) is 6.54 Å². The van der Waals surface area contributed by atoms with Crippen molar-refractivity contribution in [3.05, 3.63) is 63.0 Å². The predicted molar refractivity (Wildman–Crippen MR) is 87.8 cm³/mol. The van der Waals surface area contributed by atoms with Crippen LogP contribution in [0.2, 0.25) is 0 Å². The van der Waals surface area contributed by atoms with E-state index in [0.717, 1.165) is 15.8 Å². The summed E-state index contributed by atoms with van der Waals surface area (Å²) in [5.74, 6) is 0.837. The van der Waals surface area contributed by atoms with Crippen molar-refractivity contribution in [2.75, 3.05) is 13.7 Å². The molecule has 0 aliphatic carbocycles. The minimum absolute atomic E-state index is 0.0132. The summed E-state index contributed by atoms with van der Waals surface area (Å²) in [6, 6.07) is 11.3. The first-order valence-corrected chi connectivity index (χ1v) is 7.66. The number of nitrogens with zero attached hydrogens (tertiary/aromatic N) is 1. The number of ether oxygens (including phenoxy) is 1. The van der Waals surface area contributed by atoms with Crippen molar-refractivity contribution in [3.63, 3.8) is 0 Å². The van der Waals surface area contributed by atoms with Crippen molar-refractivity contribution < 1.29 is 4.74 Å². The van der Waals surface area contributed by atoms with Gasteiger partial charge in [0.25, 0.3) is 5.56 Å². The van der Waals surface area contributed by atoms with Gasteiger partial charge in [-0.1, -0.05) is 22.0 Å². The molecular weight excluding hydrogens is 332 g/mol. The van der Waals surface area contributed by atoms with Crippen LogP contribution in [-0.4, -0.2) is 18.2 Å². The maximum atomic E-state index is 11.6. The van der Waals surface area contributed by atoms with E-state index in [1.165, 1.54) is 0 Å². The normalized spacial score (nSPS) is 12.1. The second-order valence-corrected chi connectivity index (χ2v) is 5.69. The molecule has 1 unspecified atom stereocenters. The van der Waals surface area contributed by atoms with Crippen LogP contribution in [0.3, 0.4) is 0 Å². The molecule has 0 spiro atoms. The Kier molecular flexibility index (Phi) is 5.59. The SMILES string of the molecule is CNC(C)c1cc(Br)ccc1OCCn1ccccc1=O. The van der Waals surface area contributed by atoms with Crippen molar-refractivity contribution in [1.29, 1.82) is 0 Å². The van der Waals surface area contributed by atoms with Gasteiger partial charge >= 0.3 is 0 Å². The molecule has 1 aromatic carbocycles. The fourth-order valence-electron chi connectivity index (χ4n) is 2.04. The van der Waals surface area contributed by atoms with Crippen LogP contribution in [0.1, 0.15) is 18.5 Å². The Morgan fingerprint density at radius 2 is 2.14 bits per heavy atom. The summed E-state index contributed by atoms with van der Waals surface area (Å²) in [4.78, 5) is 11.6. The van der Waals surface area contributed by atoms with E-state index in [-0.39, 0.29) is 11.6 Å². The van der Waals surface area contributed by atoms with E-state index in [4.69, 9.17) is 4.74 Å². The van der Waals surface area contributed by atoms with Gasteiger partial charge in [0.05, 0.1) is 6.54 Å². The Bertz CT molecular complexity index is 655. The van der Waals surface area contributed by atoms with Gasteiger partial charge in [-0.2, -0.15) is 0 Å². The number of nitrogens with one attached hydrogen (secondary N) is 1. The minimum Gasteiger partial charge on any atom is -0.491 e. The van der Waals surface area contributed by atoms with E-state index < -0.39 is 0 Å². The average molecular weight is 351 g/mol. The second kappa shape index (κ2) is 7.43. The Balaban J connectivity index is 2.06. The molecule has 5 heteroatoms. The quantitative estimate of drug-likeness (QED) is 0.870. The third-order valence-corrected chi connectivity index (χ3v) is 3.85. The van der Waals surface area contributed by atoms with Crippen LogP contribution >= 0.6 is 15.9 Å². The maximum Gasteiger partial charge on any atom is 0.250 e. The van der Waals surface area contributed by atoms with Crippen molar-refractivity contribution in [3.8, 4) is 5.75 Å². The number of halogens is 1. The fraction of sp³-hybridized carbons (Fsp3) is 0.312. The van der Waals surface area contributed by atoms with Gasteiger partial charge < -0.3 is 14.6 Å². The topological polar surface area (TPSA) is 43.3 Å². The lowest BCUT2D eigenvalue weighted by Gasteiger charge is -2.17. The van der Waals surface area contributed by atoms with Gasteiger partial charge in [0.1, 0.15) is 12.4 Å². The molecule has 2 aromatic rings. The van der Waals surface area contributed by atoms with Crippen molar-refractivity contribution in [2.24, 2.45) is 0 Å². The number of hydrogen-bond donors (Lipinski definition) is 1. The molecule has 1 aromatic heterocycles. The maximum absolute atomic E-state index is 11.6. The summed E-state index contributed by atoms with van der Waals surface area (Å²) in [5, 5.41) is 3.21. The summed E-state index contributed by atoms with van der Waals surface area (Å²) >= 11 is 3.48. The average Bonchev–Trinajstić information content (AvgIpc) is 2.49. The zero-order chi connectivity index (χ0) is 15.2. The Hall–Kier alpha value is -1.59. The molecule has 0 radical (unpaired) electrons. The highest BCUT2D eigenvalue weighted by Gasteiger charge is 2.10. The molecule has 4 nitrogen and oxygen atoms in total. The van der Waals surface area contributed by atoms with Crippen LogP contribution in [0.25, 0.3) is 0 Å². The molecule has 2 rings (SSSR count). The molecule has 21 heavy (non-hydrogen) atoms. The lowest BCUT2D eigenvalue weighted by molar-refractivity contribution is 0.291. The van der Waals surface area contributed by atoms with E-state index in [1.54, 1.807) is 22.9 Å². The first kappa shape index (κ1) is 15.8. The molecule has 0 saturated heterocycles. The summed E-state index contributed by atoms with van der Waals surface area (Å²) < 4.78 is 8.51. The van der Waals surface area contributed by atoms with Crippen LogP contribution < -0.4 is 15.6 Å². The first-order valence-electron chi connectivity index (χ1n) is 6.87. The second-order valence-electron chi connectivity index (χ2n) is 4.77. The first-order chi connectivity index (χ1) is 10.1. The van der Waals surface area contributed by atoms with Gasteiger partial charge in [0, 0.05) is 28.3 Å². The molecule has 0 amide bonds. The van der Waals surface area contributed by atoms with Crippen LogP contribution in [0.4, 0.5) is 0 Å². The zero-order valence-corrected chi connectivity index (χ0v) is 13.8. The number of aromatic nitrogens is 1. The highest BCUT2D eigenvalue weighted by Crippen LogP contribution is 2.28. The summed E-state index contributed by atoms with van der Waals surface area (Å²) in [5.41, 5.74) is 1.08. The van der Waals surface area contributed by atoms with Crippen molar-refractivity contribution in [1.82, 2.24) is 9.88 Å². The van der Waals surface area contributed by atoms with E-state index in [9.17, 15) is 4.79 Å². The monoisotopic (exact) mass is 350 g/mol. The molecule has 0 aliphatic rings. The lowest BCUT2D eigenvalue weighted by Crippen LogP contribution is -2.21. The molecule has 0 bridgehead atoms. The molecular formula is C16H19BrN2O2. The molecule has 0 aliphatic heterocycles. The van der Waals surface area contributed by atoms with E-state index in [2.05, 4.69) is 28.2 Å². The summed E-state index contributed by atoms with van der Waals surface area (Å²) in [6.07, 6.45) is 1.77. The highest BCUT2D eigenvalue weighted by atomic mass is 79.9. The Labute approximate surface area is 132 Å².